The molecule has 1 aliphatic heterocycles. The predicted octanol–water partition coefficient (Wildman–Crippen LogP) is 2.62. The van der Waals surface area contributed by atoms with Crippen LogP contribution in [0.2, 0.25) is 0 Å². The summed E-state index contributed by atoms with van der Waals surface area (Å²) >= 11 is 0. The minimum atomic E-state index is -0.282. The number of hydrogen-bond donors (Lipinski definition) is 2. The molecule has 150 valence electrons. The van der Waals surface area contributed by atoms with Gasteiger partial charge in [-0.3, -0.25) is 9.59 Å². The van der Waals surface area contributed by atoms with Gasteiger partial charge in [0.2, 0.25) is 11.8 Å². The Kier molecular flexibility index (Phi) is 8.05. The van der Waals surface area contributed by atoms with Crippen LogP contribution in [0.15, 0.2) is 24.3 Å². The van der Waals surface area contributed by atoms with Gasteiger partial charge < -0.3 is 16.0 Å². The second-order valence-electron chi connectivity index (χ2n) is 7.56. The van der Waals surface area contributed by atoms with Gasteiger partial charge in [0.05, 0.1) is 0 Å². The van der Waals surface area contributed by atoms with Gasteiger partial charge in [0.1, 0.15) is 5.82 Å². The Morgan fingerprint density at radius 3 is 2.37 bits per heavy atom. The summed E-state index contributed by atoms with van der Waals surface area (Å²) in [6, 6.07) is 6.28. The molecule has 0 radical (unpaired) electrons. The molecule has 7 heteroatoms. The van der Waals surface area contributed by atoms with Gasteiger partial charge in [-0.1, -0.05) is 18.6 Å². The van der Waals surface area contributed by atoms with Gasteiger partial charge in [0.15, 0.2) is 0 Å². The van der Waals surface area contributed by atoms with Crippen LogP contribution in [0.25, 0.3) is 0 Å². The van der Waals surface area contributed by atoms with E-state index in [4.69, 9.17) is 5.73 Å². The normalized spacial score (nSPS) is 23.0. The molecule has 3 rings (SSSR count). The van der Waals surface area contributed by atoms with Crippen molar-refractivity contribution in [3.8, 4) is 0 Å². The van der Waals surface area contributed by atoms with Crippen LogP contribution in [0.4, 0.5) is 4.39 Å². The van der Waals surface area contributed by atoms with Crippen molar-refractivity contribution < 1.29 is 14.0 Å². The third-order valence-corrected chi connectivity index (χ3v) is 5.75. The van der Waals surface area contributed by atoms with Crippen molar-refractivity contribution in [3.63, 3.8) is 0 Å². The van der Waals surface area contributed by atoms with E-state index in [9.17, 15) is 14.0 Å². The van der Waals surface area contributed by atoms with Crippen LogP contribution in [-0.4, -0.2) is 35.8 Å². The first-order valence-corrected chi connectivity index (χ1v) is 9.58. The van der Waals surface area contributed by atoms with Gasteiger partial charge in [-0.2, -0.15) is 0 Å². The van der Waals surface area contributed by atoms with Gasteiger partial charge >= 0.3 is 0 Å². The number of likely N-dealkylation sites (tertiary alicyclic amines) is 1. The molecule has 0 aromatic heterocycles. The van der Waals surface area contributed by atoms with Crippen molar-refractivity contribution >= 4 is 24.2 Å². The number of nitrogens with one attached hydrogen (secondary N) is 1. The van der Waals surface area contributed by atoms with E-state index in [0.717, 1.165) is 24.8 Å². The summed E-state index contributed by atoms with van der Waals surface area (Å²) in [5.74, 6) is 0.167. The van der Waals surface area contributed by atoms with Gasteiger partial charge in [-0.05, 0) is 49.3 Å². The summed E-state index contributed by atoms with van der Waals surface area (Å²) in [5.41, 5.74) is 6.94. The van der Waals surface area contributed by atoms with Gasteiger partial charge in [0.25, 0.3) is 0 Å². The van der Waals surface area contributed by atoms with Gasteiger partial charge in [-0.15, -0.1) is 12.4 Å². The number of nitrogens with zero attached hydrogens (tertiary/aromatic N) is 1. The molecule has 27 heavy (non-hydrogen) atoms. The van der Waals surface area contributed by atoms with Crippen molar-refractivity contribution in [1.29, 1.82) is 0 Å². The van der Waals surface area contributed by atoms with Crippen LogP contribution in [0.5, 0.6) is 0 Å². The quantitative estimate of drug-likeness (QED) is 0.801. The molecule has 2 aliphatic rings. The molecule has 0 unspecified atom stereocenters. The summed E-state index contributed by atoms with van der Waals surface area (Å²) < 4.78 is 12.9. The number of nitrogens with two attached hydrogens (primary N) is 1. The highest BCUT2D eigenvalue weighted by atomic mass is 35.5. The molecule has 1 aliphatic carbocycles. The Balaban J connectivity index is 0.00000261. The minimum absolute atomic E-state index is 0. The molecule has 1 aromatic rings. The molecule has 1 aromatic carbocycles. The number of halogens is 2. The molecule has 2 atom stereocenters. The highest BCUT2D eigenvalue weighted by Crippen LogP contribution is 2.28. The Morgan fingerprint density at radius 1 is 1.11 bits per heavy atom. The number of piperidine rings is 1. The van der Waals surface area contributed by atoms with Crippen LogP contribution >= 0.6 is 12.4 Å². The average Bonchev–Trinajstić information content (AvgIpc) is 3.05. The maximum absolute atomic E-state index is 12.9. The van der Waals surface area contributed by atoms with Crippen LogP contribution in [0.1, 0.15) is 44.1 Å². The number of amides is 2. The largest absolute Gasteiger partial charge is 0.352 e. The van der Waals surface area contributed by atoms with Crippen LogP contribution in [0, 0.1) is 17.7 Å². The molecule has 1 saturated carbocycles. The minimum Gasteiger partial charge on any atom is -0.352 e. The maximum Gasteiger partial charge on any atom is 0.223 e. The Bertz CT molecular complexity index is 633. The predicted molar refractivity (Wildman–Crippen MR) is 105 cm³/mol. The molecular formula is C20H29ClFN3O2. The van der Waals surface area contributed by atoms with E-state index in [0.29, 0.717) is 44.8 Å². The molecule has 0 bridgehead atoms. The lowest BCUT2D eigenvalue weighted by molar-refractivity contribution is -0.136. The van der Waals surface area contributed by atoms with Gasteiger partial charge in [-0.25, -0.2) is 4.39 Å². The number of carbonyl (C=O) groups excluding carboxylic acids is 2. The summed E-state index contributed by atoms with van der Waals surface area (Å²) in [7, 11) is 0. The Hall–Kier alpha value is -1.66. The van der Waals surface area contributed by atoms with Crippen molar-refractivity contribution in [2.24, 2.45) is 17.6 Å². The van der Waals surface area contributed by atoms with Crippen LogP contribution in [0.3, 0.4) is 0 Å². The summed E-state index contributed by atoms with van der Waals surface area (Å²) in [6.45, 7) is 1.67. The number of hydrogen-bond acceptors (Lipinski definition) is 3. The molecule has 2 fully saturated rings. The lowest BCUT2D eigenvalue weighted by Gasteiger charge is -2.32. The highest BCUT2D eigenvalue weighted by Gasteiger charge is 2.31. The molecule has 2 amide bonds. The van der Waals surface area contributed by atoms with Gasteiger partial charge in [0, 0.05) is 38.0 Å². The smallest absolute Gasteiger partial charge is 0.223 e. The van der Waals surface area contributed by atoms with E-state index in [2.05, 4.69) is 5.32 Å². The first-order valence-electron chi connectivity index (χ1n) is 9.58. The van der Waals surface area contributed by atoms with E-state index in [1.165, 1.54) is 12.1 Å². The van der Waals surface area contributed by atoms with Crippen LogP contribution < -0.4 is 11.1 Å². The van der Waals surface area contributed by atoms with Crippen molar-refractivity contribution in [1.82, 2.24) is 10.2 Å². The van der Waals surface area contributed by atoms with E-state index in [-0.39, 0.29) is 42.0 Å². The van der Waals surface area contributed by atoms with Crippen molar-refractivity contribution in [2.45, 2.75) is 51.1 Å². The van der Waals surface area contributed by atoms with Crippen molar-refractivity contribution in [2.75, 3.05) is 13.1 Å². The third kappa shape index (κ3) is 5.91. The van der Waals surface area contributed by atoms with Crippen molar-refractivity contribution in [3.05, 3.63) is 35.6 Å². The number of benzene rings is 1. The highest BCUT2D eigenvalue weighted by molar-refractivity contribution is 5.85. The second kappa shape index (κ2) is 10.0. The Morgan fingerprint density at radius 2 is 1.78 bits per heavy atom. The molecule has 3 N–H and O–H groups in total. The van der Waals surface area contributed by atoms with E-state index >= 15 is 0 Å². The summed E-state index contributed by atoms with van der Waals surface area (Å²) in [4.78, 5) is 26.7. The molecule has 1 saturated heterocycles. The average molecular weight is 398 g/mol. The van der Waals surface area contributed by atoms with E-state index in [1.54, 1.807) is 12.1 Å². The zero-order chi connectivity index (χ0) is 18.5. The lowest BCUT2D eigenvalue weighted by Crippen LogP contribution is -2.44. The second-order valence-corrected chi connectivity index (χ2v) is 7.56. The summed E-state index contributed by atoms with van der Waals surface area (Å²) in [6.07, 6.45) is 5.12. The standard InChI is InChI=1S/C20H28FN3O2.ClH/c21-17-6-4-14(5-7-17)13-23-20(26)15-8-10-24(11-9-15)19(25)12-16-2-1-3-18(16)22;/h4-7,15-16,18H,1-3,8-13,22H2,(H,23,26);1H/t16-,18+;/m0./s1. The van der Waals surface area contributed by atoms with E-state index < -0.39 is 0 Å². The fourth-order valence-corrected chi connectivity index (χ4v) is 4.00. The number of carbonyl (C=O) groups is 2. The molecular weight excluding hydrogens is 369 g/mol. The topological polar surface area (TPSA) is 75.4 Å². The zero-order valence-electron chi connectivity index (χ0n) is 15.5. The fraction of sp³-hybridized carbons (Fsp3) is 0.600. The maximum atomic E-state index is 12.9. The van der Waals surface area contributed by atoms with Crippen LogP contribution in [-0.2, 0) is 16.1 Å². The molecule has 0 spiro atoms. The monoisotopic (exact) mass is 397 g/mol. The summed E-state index contributed by atoms with van der Waals surface area (Å²) in [5, 5.41) is 2.92. The lowest BCUT2D eigenvalue weighted by atomic mass is 9.94. The third-order valence-electron chi connectivity index (χ3n) is 5.75. The van der Waals surface area contributed by atoms with E-state index in [1.807, 2.05) is 4.90 Å². The fourth-order valence-electron chi connectivity index (χ4n) is 4.00. The number of rotatable bonds is 5. The molecule has 1 heterocycles. The zero-order valence-corrected chi connectivity index (χ0v) is 16.3. The first-order chi connectivity index (χ1) is 12.5. The molecule has 5 nitrogen and oxygen atoms in total. The Labute approximate surface area is 166 Å². The SMILES string of the molecule is Cl.N[C@@H]1CCC[C@H]1CC(=O)N1CCC(C(=O)NCc2ccc(F)cc2)CC1. The first kappa shape index (κ1) is 21.6.